The van der Waals surface area contributed by atoms with Crippen molar-refractivity contribution in [2.75, 3.05) is 13.2 Å². The standard InChI is InChI=1S/C16H22N2O/c1-16(9-5-6-10-16)11-18-12-17-14(15(18)19)13-7-3-2-4-8-13/h2-4,7-8,14,17H,5-6,9-12H2,1H3. The lowest BCUT2D eigenvalue weighted by Gasteiger charge is -2.29. The lowest BCUT2D eigenvalue weighted by Crippen LogP contribution is -2.36. The van der Waals surface area contributed by atoms with Gasteiger partial charge in [-0.15, -0.1) is 0 Å². The molecule has 0 spiro atoms. The average molecular weight is 258 g/mol. The predicted octanol–water partition coefficient (Wildman–Crippen LogP) is 2.70. The van der Waals surface area contributed by atoms with E-state index in [0.717, 1.165) is 12.1 Å². The van der Waals surface area contributed by atoms with Crippen LogP contribution in [0.1, 0.15) is 44.2 Å². The fourth-order valence-corrected chi connectivity index (χ4v) is 3.44. The third kappa shape index (κ3) is 2.52. The highest BCUT2D eigenvalue weighted by Crippen LogP contribution is 2.39. The maximum Gasteiger partial charge on any atom is 0.245 e. The Labute approximate surface area is 115 Å². The number of amides is 1. The van der Waals surface area contributed by atoms with Crippen LogP contribution in [0.3, 0.4) is 0 Å². The Kier molecular flexibility index (Phi) is 3.31. The highest BCUT2D eigenvalue weighted by molar-refractivity contribution is 5.85. The van der Waals surface area contributed by atoms with E-state index in [1.54, 1.807) is 0 Å². The molecule has 1 heterocycles. The first kappa shape index (κ1) is 12.7. The van der Waals surface area contributed by atoms with Crippen LogP contribution in [-0.4, -0.2) is 24.0 Å². The molecule has 1 amide bonds. The number of benzene rings is 1. The van der Waals surface area contributed by atoms with Crippen molar-refractivity contribution in [3.05, 3.63) is 35.9 Å². The summed E-state index contributed by atoms with van der Waals surface area (Å²) in [5, 5.41) is 3.34. The van der Waals surface area contributed by atoms with Gasteiger partial charge in [-0.25, -0.2) is 0 Å². The minimum atomic E-state index is -0.147. The molecule has 1 saturated heterocycles. The summed E-state index contributed by atoms with van der Waals surface area (Å²) in [5.41, 5.74) is 1.41. The van der Waals surface area contributed by atoms with Gasteiger partial charge in [0.05, 0.1) is 6.67 Å². The molecule has 1 aliphatic carbocycles. The molecule has 1 saturated carbocycles. The van der Waals surface area contributed by atoms with E-state index in [1.165, 1.54) is 25.7 Å². The van der Waals surface area contributed by atoms with E-state index in [9.17, 15) is 4.79 Å². The topological polar surface area (TPSA) is 32.3 Å². The van der Waals surface area contributed by atoms with Gasteiger partial charge in [0.1, 0.15) is 6.04 Å². The van der Waals surface area contributed by atoms with Crippen molar-refractivity contribution < 1.29 is 4.79 Å². The second-order valence-corrected chi connectivity index (χ2v) is 6.26. The zero-order chi connectivity index (χ0) is 13.3. The molecule has 0 aromatic heterocycles. The number of nitrogens with zero attached hydrogens (tertiary/aromatic N) is 1. The van der Waals surface area contributed by atoms with Crippen LogP contribution in [-0.2, 0) is 4.79 Å². The summed E-state index contributed by atoms with van der Waals surface area (Å²) in [4.78, 5) is 14.5. The van der Waals surface area contributed by atoms with Crippen molar-refractivity contribution in [2.24, 2.45) is 5.41 Å². The van der Waals surface area contributed by atoms with Crippen LogP contribution in [0.4, 0.5) is 0 Å². The van der Waals surface area contributed by atoms with Gasteiger partial charge in [-0.3, -0.25) is 10.1 Å². The average Bonchev–Trinajstić information content (AvgIpc) is 2.99. The maximum absolute atomic E-state index is 12.5. The van der Waals surface area contributed by atoms with E-state index in [-0.39, 0.29) is 11.9 Å². The summed E-state index contributed by atoms with van der Waals surface area (Å²) in [6.45, 7) is 3.92. The molecule has 1 aromatic carbocycles. The number of nitrogens with one attached hydrogen (secondary N) is 1. The molecular weight excluding hydrogens is 236 g/mol. The van der Waals surface area contributed by atoms with Crippen LogP contribution in [0.2, 0.25) is 0 Å². The first-order chi connectivity index (χ1) is 9.18. The Morgan fingerprint density at radius 3 is 2.63 bits per heavy atom. The van der Waals surface area contributed by atoms with Crippen molar-refractivity contribution in [2.45, 2.75) is 38.6 Å². The lowest BCUT2D eigenvalue weighted by molar-refractivity contribution is -0.130. The van der Waals surface area contributed by atoms with Gasteiger partial charge in [-0.05, 0) is 23.8 Å². The number of carbonyl (C=O) groups is 1. The normalized spacial score (nSPS) is 26.1. The van der Waals surface area contributed by atoms with Crippen LogP contribution >= 0.6 is 0 Å². The van der Waals surface area contributed by atoms with Gasteiger partial charge in [0.15, 0.2) is 0 Å². The van der Waals surface area contributed by atoms with E-state index in [4.69, 9.17) is 0 Å². The van der Waals surface area contributed by atoms with Crippen molar-refractivity contribution in [3.8, 4) is 0 Å². The van der Waals surface area contributed by atoms with Gasteiger partial charge < -0.3 is 4.90 Å². The first-order valence-corrected chi connectivity index (χ1v) is 7.25. The molecule has 1 aromatic rings. The molecule has 1 N–H and O–H groups in total. The summed E-state index contributed by atoms with van der Waals surface area (Å²) in [6, 6.07) is 9.87. The second-order valence-electron chi connectivity index (χ2n) is 6.26. The number of hydrogen-bond acceptors (Lipinski definition) is 2. The zero-order valence-electron chi connectivity index (χ0n) is 11.6. The van der Waals surface area contributed by atoms with Crippen LogP contribution < -0.4 is 5.32 Å². The number of hydrogen-bond donors (Lipinski definition) is 1. The lowest BCUT2D eigenvalue weighted by atomic mass is 9.88. The SMILES string of the molecule is CC1(CN2CNC(c3ccccc3)C2=O)CCCC1. The third-order valence-electron chi connectivity index (χ3n) is 4.56. The Balaban J connectivity index is 1.69. The molecule has 0 radical (unpaired) electrons. The van der Waals surface area contributed by atoms with Crippen LogP contribution in [0.25, 0.3) is 0 Å². The Morgan fingerprint density at radius 2 is 1.95 bits per heavy atom. The highest BCUT2D eigenvalue weighted by Gasteiger charge is 2.38. The minimum Gasteiger partial charge on any atom is -0.328 e. The molecule has 19 heavy (non-hydrogen) atoms. The van der Waals surface area contributed by atoms with Crippen LogP contribution in [0, 0.1) is 5.41 Å². The van der Waals surface area contributed by atoms with Gasteiger partial charge >= 0.3 is 0 Å². The van der Waals surface area contributed by atoms with Gasteiger partial charge in [-0.2, -0.15) is 0 Å². The highest BCUT2D eigenvalue weighted by atomic mass is 16.2. The van der Waals surface area contributed by atoms with E-state index >= 15 is 0 Å². The molecule has 3 rings (SSSR count). The summed E-state index contributed by atoms with van der Waals surface area (Å²) < 4.78 is 0. The smallest absolute Gasteiger partial charge is 0.245 e. The number of rotatable bonds is 3. The first-order valence-electron chi connectivity index (χ1n) is 7.25. The molecule has 2 aliphatic rings. The maximum atomic E-state index is 12.5. The molecule has 1 aliphatic heterocycles. The minimum absolute atomic E-state index is 0.147. The van der Waals surface area contributed by atoms with Gasteiger partial charge in [0.25, 0.3) is 0 Å². The van der Waals surface area contributed by atoms with Gasteiger partial charge in [-0.1, -0.05) is 50.1 Å². The van der Waals surface area contributed by atoms with Crippen molar-refractivity contribution in [1.82, 2.24) is 10.2 Å². The third-order valence-corrected chi connectivity index (χ3v) is 4.56. The van der Waals surface area contributed by atoms with E-state index in [0.29, 0.717) is 12.1 Å². The quantitative estimate of drug-likeness (QED) is 0.904. The molecule has 2 fully saturated rings. The predicted molar refractivity (Wildman–Crippen MR) is 75.5 cm³/mol. The summed E-state index contributed by atoms with van der Waals surface area (Å²) in [6.07, 6.45) is 5.14. The van der Waals surface area contributed by atoms with Crippen LogP contribution in [0.15, 0.2) is 30.3 Å². The van der Waals surface area contributed by atoms with Gasteiger partial charge in [0.2, 0.25) is 5.91 Å². The molecular formula is C16H22N2O. The molecule has 1 atom stereocenters. The van der Waals surface area contributed by atoms with Crippen molar-refractivity contribution >= 4 is 5.91 Å². The van der Waals surface area contributed by atoms with Gasteiger partial charge in [0, 0.05) is 6.54 Å². The fourth-order valence-electron chi connectivity index (χ4n) is 3.44. The monoisotopic (exact) mass is 258 g/mol. The molecule has 102 valence electrons. The summed E-state index contributed by atoms with van der Waals surface area (Å²) in [5.74, 6) is 0.235. The molecule has 3 nitrogen and oxygen atoms in total. The van der Waals surface area contributed by atoms with E-state index < -0.39 is 0 Å². The van der Waals surface area contributed by atoms with Crippen molar-refractivity contribution in [3.63, 3.8) is 0 Å². The molecule has 3 heteroatoms. The number of carbonyl (C=O) groups excluding carboxylic acids is 1. The van der Waals surface area contributed by atoms with E-state index in [1.807, 2.05) is 35.2 Å². The van der Waals surface area contributed by atoms with Crippen LogP contribution in [0.5, 0.6) is 0 Å². The largest absolute Gasteiger partial charge is 0.328 e. The summed E-state index contributed by atoms with van der Waals surface area (Å²) in [7, 11) is 0. The Hall–Kier alpha value is -1.35. The fraction of sp³-hybridized carbons (Fsp3) is 0.562. The van der Waals surface area contributed by atoms with Crippen molar-refractivity contribution in [1.29, 1.82) is 0 Å². The zero-order valence-corrected chi connectivity index (χ0v) is 11.6. The second kappa shape index (κ2) is 4.97. The Morgan fingerprint density at radius 1 is 1.26 bits per heavy atom. The Bertz CT molecular complexity index is 451. The van der Waals surface area contributed by atoms with E-state index in [2.05, 4.69) is 12.2 Å². The molecule has 1 unspecified atom stereocenters. The summed E-state index contributed by atoms with van der Waals surface area (Å²) >= 11 is 0. The molecule has 0 bridgehead atoms.